The molecule has 0 aliphatic carbocycles. The predicted molar refractivity (Wildman–Crippen MR) is 134 cm³/mol. The molecule has 0 bridgehead atoms. The second-order valence-electron chi connectivity index (χ2n) is 8.58. The largest absolute Gasteiger partial charge is 0.352 e. The average Bonchev–Trinajstić information content (AvgIpc) is 2.86. The van der Waals surface area contributed by atoms with E-state index >= 15 is 0 Å². The Labute approximate surface area is 197 Å². The Morgan fingerprint density at radius 2 is 1.27 bits per heavy atom. The van der Waals surface area contributed by atoms with E-state index in [0.717, 1.165) is 23.1 Å². The highest BCUT2D eigenvalue weighted by molar-refractivity contribution is 5.88. The number of hydrogen-bond acceptors (Lipinski definition) is 2. The fourth-order valence-electron chi connectivity index (χ4n) is 3.92. The van der Waals surface area contributed by atoms with E-state index in [-0.39, 0.29) is 23.8 Å². The Morgan fingerprint density at radius 1 is 0.788 bits per heavy atom. The Bertz CT molecular complexity index is 966. The summed E-state index contributed by atoms with van der Waals surface area (Å²) in [6.07, 6.45) is 1.14. The lowest BCUT2D eigenvalue weighted by molar-refractivity contribution is -0.141. The molecule has 0 saturated carbocycles. The van der Waals surface area contributed by atoms with Crippen LogP contribution < -0.4 is 5.32 Å². The van der Waals surface area contributed by atoms with Gasteiger partial charge in [0.2, 0.25) is 11.8 Å². The monoisotopic (exact) mass is 442 g/mol. The molecule has 2 atom stereocenters. The van der Waals surface area contributed by atoms with E-state index in [9.17, 15) is 9.59 Å². The smallest absolute Gasteiger partial charge is 0.242 e. The van der Waals surface area contributed by atoms with Crippen LogP contribution in [0.5, 0.6) is 0 Å². The summed E-state index contributed by atoms with van der Waals surface area (Å²) in [6.45, 7) is 6.23. The van der Waals surface area contributed by atoms with Gasteiger partial charge in [-0.25, -0.2) is 0 Å². The van der Waals surface area contributed by atoms with Crippen LogP contribution in [-0.2, 0) is 16.1 Å². The van der Waals surface area contributed by atoms with Crippen LogP contribution in [0.2, 0.25) is 0 Å². The van der Waals surface area contributed by atoms with Crippen LogP contribution in [0.25, 0.3) is 0 Å². The van der Waals surface area contributed by atoms with E-state index in [1.165, 1.54) is 0 Å². The van der Waals surface area contributed by atoms with Crippen molar-refractivity contribution < 1.29 is 9.59 Å². The molecular formula is C29H34N2O2. The van der Waals surface area contributed by atoms with E-state index in [1.54, 1.807) is 4.90 Å². The molecule has 0 heterocycles. The average molecular weight is 443 g/mol. The molecule has 0 aliphatic heterocycles. The number of carbonyl (C=O) groups is 2. The van der Waals surface area contributed by atoms with Gasteiger partial charge in [-0.2, -0.15) is 0 Å². The molecule has 172 valence electrons. The van der Waals surface area contributed by atoms with Gasteiger partial charge in [0.1, 0.15) is 6.04 Å². The van der Waals surface area contributed by atoms with Gasteiger partial charge in [0.05, 0.1) is 0 Å². The van der Waals surface area contributed by atoms with Gasteiger partial charge in [-0.05, 0) is 37.0 Å². The summed E-state index contributed by atoms with van der Waals surface area (Å²) in [5, 5.41) is 3.03. The maximum Gasteiger partial charge on any atom is 0.242 e. The number of nitrogens with zero attached hydrogens (tertiary/aromatic N) is 1. The van der Waals surface area contributed by atoms with Crippen molar-refractivity contribution in [2.45, 2.75) is 58.2 Å². The van der Waals surface area contributed by atoms with Crippen molar-refractivity contribution >= 4 is 11.8 Å². The fraction of sp³-hybridized carbons (Fsp3) is 0.310. The summed E-state index contributed by atoms with van der Waals surface area (Å²) < 4.78 is 0. The van der Waals surface area contributed by atoms with Crippen LogP contribution in [0.3, 0.4) is 0 Å². The zero-order valence-electron chi connectivity index (χ0n) is 19.8. The van der Waals surface area contributed by atoms with Gasteiger partial charge in [0, 0.05) is 24.9 Å². The Balaban J connectivity index is 1.89. The van der Waals surface area contributed by atoms with Crippen LogP contribution in [0.4, 0.5) is 0 Å². The topological polar surface area (TPSA) is 49.4 Å². The second-order valence-corrected chi connectivity index (χ2v) is 8.58. The van der Waals surface area contributed by atoms with Crippen molar-refractivity contribution in [1.82, 2.24) is 10.2 Å². The van der Waals surface area contributed by atoms with Crippen molar-refractivity contribution in [3.05, 3.63) is 108 Å². The third-order valence-corrected chi connectivity index (χ3v) is 6.15. The standard InChI is InChI=1S/C29H34N2O2/c1-4-22(2)30-29(33)23(3)31(21-24-14-8-5-9-15-24)28(32)20-27(25-16-10-6-11-17-25)26-18-12-7-13-19-26/h5-19,22-23,27H,4,20-21H2,1-3H3,(H,30,33)/t22-,23-/m1/s1. The minimum atomic E-state index is -0.570. The Hall–Kier alpha value is -3.40. The quantitative estimate of drug-likeness (QED) is 0.448. The van der Waals surface area contributed by atoms with E-state index < -0.39 is 6.04 Å². The van der Waals surface area contributed by atoms with Crippen LogP contribution in [-0.4, -0.2) is 28.8 Å². The maximum atomic E-state index is 13.8. The molecule has 0 saturated heterocycles. The van der Waals surface area contributed by atoms with Gasteiger partial charge < -0.3 is 10.2 Å². The van der Waals surface area contributed by atoms with Crippen molar-refractivity contribution in [2.24, 2.45) is 0 Å². The number of carbonyl (C=O) groups excluding carboxylic acids is 2. The molecule has 0 radical (unpaired) electrons. The molecule has 2 amide bonds. The third kappa shape index (κ3) is 6.79. The van der Waals surface area contributed by atoms with Crippen LogP contribution >= 0.6 is 0 Å². The molecule has 4 nitrogen and oxygen atoms in total. The molecule has 3 aromatic rings. The molecule has 0 aromatic heterocycles. The van der Waals surface area contributed by atoms with Crippen LogP contribution in [0, 0.1) is 0 Å². The lowest BCUT2D eigenvalue weighted by Gasteiger charge is -2.31. The normalized spacial score (nSPS) is 12.7. The Morgan fingerprint density at radius 3 is 1.76 bits per heavy atom. The number of benzene rings is 3. The highest BCUT2D eigenvalue weighted by atomic mass is 16.2. The van der Waals surface area contributed by atoms with Crippen molar-refractivity contribution in [1.29, 1.82) is 0 Å². The Kier molecular flexibility index (Phi) is 8.82. The van der Waals surface area contributed by atoms with E-state index in [4.69, 9.17) is 0 Å². The zero-order chi connectivity index (χ0) is 23.6. The number of hydrogen-bond donors (Lipinski definition) is 1. The molecule has 3 aromatic carbocycles. The van der Waals surface area contributed by atoms with Crippen molar-refractivity contribution in [2.75, 3.05) is 0 Å². The molecule has 3 rings (SSSR count). The summed E-state index contributed by atoms with van der Waals surface area (Å²) >= 11 is 0. The molecule has 0 unspecified atom stereocenters. The number of amides is 2. The first kappa shape index (κ1) is 24.2. The highest BCUT2D eigenvalue weighted by Gasteiger charge is 2.29. The number of rotatable bonds is 10. The predicted octanol–water partition coefficient (Wildman–Crippen LogP) is 5.54. The summed E-state index contributed by atoms with van der Waals surface area (Å²) in [6, 6.07) is 29.6. The molecule has 33 heavy (non-hydrogen) atoms. The fourth-order valence-corrected chi connectivity index (χ4v) is 3.92. The maximum absolute atomic E-state index is 13.8. The zero-order valence-corrected chi connectivity index (χ0v) is 19.8. The first-order chi connectivity index (χ1) is 16.0. The summed E-state index contributed by atoms with van der Waals surface area (Å²) in [5.74, 6) is -0.240. The van der Waals surface area contributed by atoms with Crippen molar-refractivity contribution in [3.63, 3.8) is 0 Å². The van der Waals surface area contributed by atoms with Crippen molar-refractivity contribution in [3.8, 4) is 0 Å². The van der Waals surface area contributed by atoms with Gasteiger partial charge >= 0.3 is 0 Å². The highest BCUT2D eigenvalue weighted by Crippen LogP contribution is 2.29. The third-order valence-electron chi connectivity index (χ3n) is 6.15. The molecular weight excluding hydrogens is 408 g/mol. The minimum Gasteiger partial charge on any atom is -0.352 e. The molecule has 0 aliphatic rings. The van der Waals surface area contributed by atoms with Gasteiger partial charge in [0.25, 0.3) is 0 Å². The second kappa shape index (κ2) is 12.0. The minimum absolute atomic E-state index is 0.0386. The first-order valence-corrected chi connectivity index (χ1v) is 11.7. The molecule has 0 spiro atoms. The van der Waals surface area contributed by atoms with E-state index in [1.807, 2.05) is 87.5 Å². The van der Waals surface area contributed by atoms with Gasteiger partial charge in [-0.3, -0.25) is 9.59 Å². The molecule has 0 fully saturated rings. The van der Waals surface area contributed by atoms with Crippen LogP contribution in [0.15, 0.2) is 91.0 Å². The summed E-state index contributed by atoms with van der Waals surface area (Å²) in [5.41, 5.74) is 3.19. The first-order valence-electron chi connectivity index (χ1n) is 11.7. The molecule has 1 N–H and O–H groups in total. The van der Waals surface area contributed by atoms with E-state index in [0.29, 0.717) is 13.0 Å². The SMILES string of the molecule is CC[C@@H](C)NC(=O)[C@@H](C)N(Cc1ccccc1)C(=O)CC(c1ccccc1)c1ccccc1. The van der Waals surface area contributed by atoms with Gasteiger partial charge in [-0.15, -0.1) is 0 Å². The van der Waals surface area contributed by atoms with E-state index in [2.05, 4.69) is 29.6 Å². The summed E-state index contributed by atoms with van der Waals surface area (Å²) in [4.78, 5) is 28.4. The lowest BCUT2D eigenvalue weighted by Crippen LogP contribution is -2.49. The molecule has 4 heteroatoms. The number of nitrogens with one attached hydrogen (secondary N) is 1. The van der Waals surface area contributed by atoms with Gasteiger partial charge in [-0.1, -0.05) is 97.9 Å². The lowest BCUT2D eigenvalue weighted by atomic mass is 9.88. The summed E-state index contributed by atoms with van der Waals surface area (Å²) in [7, 11) is 0. The van der Waals surface area contributed by atoms with Gasteiger partial charge in [0.15, 0.2) is 0 Å². The van der Waals surface area contributed by atoms with Crippen LogP contribution in [0.1, 0.15) is 56.2 Å².